The van der Waals surface area contributed by atoms with E-state index < -0.39 is 6.09 Å². The molecule has 16 heavy (non-hydrogen) atoms. The van der Waals surface area contributed by atoms with Gasteiger partial charge in [0.1, 0.15) is 0 Å². The first-order valence-corrected chi connectivity index (χ1v) is 5.65. The van der Waals surface area contributed by atoms with Crippen LogP contribution in [0.4, 0.5) is 10.5 Å². The molecule has 0 fully saturated rings. The Morgan fingerprint density at radius 3 is 2.75 bits per heavy atom. The van der Waals surface area contributed by atoms with Crippen LogP contribution in [0.25, 0.3) is 0 Å². The second kappa shape index (κ2) is 5.81. The number of amides is 1. The van der Waals surface area contributed by atoms with E-state index in [0.717, 1.165) is 15.7 Å². The minimum atomic E-state index is -0.591. The topological polar surface area (TPSA) is 50.4 Å². The summed E-state index contributed by atoms with van der Waals surface area (Å²) in [5, 5.41) is 5.44. The molecule has 2 N–H and O–H groups in total. The van der Waals surface area contributed by atoms with E-state index >= 15 is 0 Å². The summed E-state index contributed by atoms with van der Waals surface area (Å²) in [6.07, 6.45) is -0.591. The number of alkyl carbamates (subject to hydrolysis) is 1. The average Bonchev–Trinajstić information content (AvgIpc) is 2.23. The van der Waals surface area contributed by atoms with E-state index in [4.69, 9.17) is 12.2 Å². The molecule has 0 aliphatic carbocycles. The Hall–Kier alpha value is -1.14. The number of anilines is 1. The molecule has 1 aromatic rings. The summed E-state index contributed by atoms with van der Waals surface area (Å²) in [7, 11) is 1.28. The van der Waals surface area contributed by atoms with Gasteiger partial charge in [0.15, 0.2) is 5.11 Å². The summed E-state index contributed by atoms with van der Waals surface area (Å²) < 4.78 is 5.43. The monoisotopic (exact) mass is 302 g/mol. The minimum absolute atomic E-state index is 0.202. The SMILES string of the molecule is COC(=O)NC(=S)Nc1ccc(Br)c(C)c1. The fourth-order valence-electron chi connectivity index (χ4n) is 1.03. The predicted octanol–water partition coefficient (Wildman–Crippen LogP) is 2.81. The molecule has 0 heterocycles. The van der Waals surface area contributed by atoms with Crippen molar-refractivity contribution in [1.82, 2.24) is 5.32 Å². The molecule has 86 valence electrons. The quantitative estimate of drug-likeness (QED) is 0.783. The number of thiocarbonyl (C=S) groups is 1. The number of ether oxygens (including phenoxy) is 1. The highest BCUT2D eigenvalue weighted by Gasteiger charge is 2.04. The van der Waals surface area contributed by atoms with Gasteiger partial charge in [0.25, 0.3) is 0 Å². The number of hydrogen-bond acceptors (Lipinski definition) is 3. The second-order valence-corrected chi connectivity index (χ2v) is 4.30. The van der Waals surface area contributed by atoms with Crippen LogP contribution >= 0.6 is 28.1 Å². The first-order chi connectivity index (χ1) is 7.52. The maximum Gasteiger partial charge on any atom is 0.413 e. The highest BCUT2D eigenvalue weighted by Crippen LogP contribution is 2.19. The number of carbonyl (C=O) groups excluding carboxylic acids is 1. The molecule has 0 aromatic heterocycles. The van der Waals surface area contributed by atoms with Gasteiger partial charge in [-0.25, -0.2) is 4.79 Å². The van der Waals surface area contributed by atoms with Gasteiger partial charge in [0, 0.05) is 10.2 Å². The Balaban J connectivity index is 2.63. The molecule has 0 radical (unpaired) electrons. The van der Waals surface area contributed by atoms with Gasteiger partial charge in [-0.15, -0.1) is 0 Å². The van der Waals surface area contributed by atoms with Crippen LogP contribution in [-0.4, -0.2) is 18.3 Å². The Labute approximate surface area is 107 Å². The van der Waals surface area contributed by atoms with Crippen LogP contribution < -0.4 is 10.6 Å². The van der Waals surface area contributed by atoms with Crippen molar-refractivity contribution >= 4 is 45.0 Å². The predicted molar refractivity (Wildman–Crippen MR) is 70.6 cm³/mol. The first kappa shape index (κ1) is 12.9. The molecule has 0 unspecified atom stereocenters. The molecule has 4 nitrogen and oxygen atoms in total. The van der Waals surface area contributed by atoms with Crippen molar-refractivity contribution < 1.29 is 9.53 Å². The Morgan fingerprint density at radius 1 is 1.50 bits per heavy atom. The van der Waals surface area contributed by atoms with Crippen LogP contribution in [-0.2, 0) is 4.74 Å². The van der Waals surface area contributed by atoms with Gasteiger partial charge in [0.05, 0.1) is 7.11 Å². The zero-order valence-electron chi connectivity index (χ0n) is 8.83. The molecular formula is C10H11BrN2O2S. The molecule has 0 bridgehead atoms. The molecule has 0 spiro atoms. The molecule has 0 saturated carbocycles. The first-order valence-electron chi connectivity index (χ1n) is 4.45. The largest absolute Gasteiger partial charge is 0.453 e. The zero-order chi connectivity index (χ0) is 12.1. The van der Waals surface area contributed by atoms with Crippen LogP contribution in [0.15, 0.2) is 22.7 Å². The summed E-state index contributed by atoms with van der Waals surface area (Å²) in [5.41, 5.74) is 1.88. The molecule has 1 rings (SSSR count). The summed E-state index contributed by atoms with van der Waals surface area (Å²) in [6.45, 7) is 1.96. The number of halogens is 1. The standard InChI is InChI=1S/C10H11BrN2O2S/c1-6-5-7(3-4-8(6)11)12-9(16)13-10(14)15-2/h3-5H,1-2H3,(H2,12,13,14,16). The summed E-state index contributed by atoms with van der Waals surface area (Å²) in [5.74, 6) is 0. The van der Waals surface area contributed by atoms with Crippen molar-refractivity contribution in [3.8, 4) is 0 Å². The van der Waals surface area contributed by atoms with Gasteiger partial charge in [-0.3, -0.25) is 5.32 Å². The van der Waals surface area contributed by atoms with E-state index in [1.165, 1.54) is 7.11 Å². The molecule has 1 aromatic carbocycles. The second-order valence-electron chi connectivity index (χ2n) is 3.03. The fraction of sp³-hybridized carbons (Fsp3) is 0.200. The molecule has 0 aliphatic heterocycles. The number of benzene rings is 1. The lowest BCUT2D eigenvalue weighted by atomic mass is 10.2. The lowest BCUT2D eigenvalue weighted by Gasteiger charge is -2.09. The molecule has 0 aliphatic rings. The molecular weight excluding hydrogens is 292 g/mol. The van der Waals surface area contributed by atoms with Crippen molar-refractivity contribution in [3.05, 3.63) is 28.2 Å². The minimum Gasteiger partial charge on any atom is -0.453 e. The molecule has 1 amide bonds. The number of aryl methyl sites for hydroxylation is 1. The van der Waals surface area contributed by atoms with Crippen molar-refractivity contribution in [2.45, 2.75) is 6.92 Å². The molecule has 0 atom stereocenters. The van der Waals surface area contributed by atoms with E-state index in [2.05, 4.69) is 31.3 Å². The number of carbonyl (C=O) groups is 1. The van der Waals surface area contributed by atoms with E-state index in [1.807, 2.05) is 25.1 Å². The normalized spacial score (nSPS) is 9.44. The summed E-state index contributed by atoms with van der Waals surface area (Å²) in [6, 6.07) is 5.66. The number of rotatable bonds is 1. The van der Waals surface area contributed by atoms with Crippen LogP contribution in [0.1, 0.15) is 5.56 Å². The average molecular weight is 303 g/mol. The third kappa shape index (κ3) is 3.79. The molecule has 6 heteroatoms. The third-order valence-corrected chi connectivity index (χ3v) is 2.91. The van der Waals surface area contributed by atoms with Crippen LogP contribution in [0.5, 0.6) is 0 Å². The van der Waals surface area contributed by atoms with Gasteiger partial charge in [0.2, 0.25) is 0 Å². The van der Waals surface area contributed by atoms with E-state index in [1.54, 1.807) is 0 Å². The Morgan fingerprint density at radius 2 is 2.19 bits per heavy atom. The lowest BCUT2D eigenvalue weighted by molar-refractivity contribution is 0.177. The highest BCUT2D eigenvalue weighted by molar-refractivity contribution is 9.10. The number of methoxy groups -OCH3 is 1. The Kier molecular flexibility index (Phi) is 4.70. The van der Waals surface area contributed by atoms with Crippen molar-refractivity contribution in [1.29, 1.82) is 0 Å². The van der Waals surface area contributed by atoms with Crippen LogP contribution in [0.2, 0.25) is 0 Å². The number of nitrogens with one attached hydrogen (secondary N) is 2. The highest BCUT2D eigenvalue weighted by atomic mass is 79.9. The van der Waals surface area contributed by atoms with Crippen LogP contribution in [0.3, 0.4) is 0 Å². The van der Waals surface area contributed by atoms with Gasteiger partial charge in [-0.2, -0.15) is 0 Å². The van der Waals surface area contributed by atoms with Crippen molar-refractivity contribution in [2.24, 2.45) is 0 Å². The van der Waals surface area contributed by atoms with Gasteiger partial charge < -0.3 is 10.1 Å². The van der Waals surface area contributed by atoms with Crippen molar-refractivity contribution in [3.63, 3.8) is 0 Å². The third-order valence-electron chi connectivity index (χ3n) is 1.82. The number of hydrogen-bond donors (Lipinski definition) is 2. The maximum absolute atomic E-state index is 10.9. The maximum atomic E-state index is 10.9. The smallest absolute Gasteiger partial charge is 0.413 e. The van der Waals surface area contributed by atoms with Gasteiger partial charge in [-0.1, -0.05) is 15.9 Å². The van der Waals surface area contributed by atoms with E-state index in [-0.39, 0.29) is 5.11 Å². The summed E-state index contributed by atoms with van der Waals surface area (Å²) in [4.78, 5) is 10.9. The lowest BCUT2D eigenvalue weighted by Crippen LogP contribution is -2.33. The van der Waals surface area contributed by atoms with Gasteiger partial charge in [-0.05, 0) is 42.9 Å². The molecule has 0 saturated heterocycles. The summed E-state index contributed by atoms with van der Waals surface area (Å²) >= 11 is 8.32. The zero-order valence-corrected chi connectivity index (χ0v) is 11.2. The van der Waals surface area contributed by atoms with E-state index in [9.17, 15) is 4.79 Å². The van der Waals surface area contributed by atoms with E-state index in [0.29, 0.717) is 0 Å². The van der Waals surface area contributed by atoms with Gasteiger partial charge >= 0.3 is 6.09 Å². The fourth-order valence-corrected chi connectivity index (χ4v) is 1.48. The van der Waals surface area contributed by atoms with Crippen LogP contribution in [0, 0.1) is 6.92 Å². The Bertz CT molecular complexity index is 423. The van der Waals surface area contributed by atoms with Crippen molar-refractivity contribution in [2.75, 3.05) is 12.4 Å².